The molecule has 0 amide bonds. The maximum atomic E-state index is 11.8. The van der Waals surface area contributed by atoms with Crippen LogP contribution in [0.4, 0.5) is 0 Å². The van der Waals surface area contributed by atoms with Crippen molar-refractivity contribution < 1.29 is 4.79 Å². The average molecular weight is 228 g/mol. The molecule has 2 aromatic rings. The summed E-state index contributed by atoms with van der Waals surface area (Å²) < 4.78 is 0. The Morgan fingerprint density at radius 1 is 1.41 bits per heavy atom. The number of H-pyrrole nitrogens is 1. The number of carbonyl (C=O) groups is 1. The number of allylic oxidation sites excluding steroid dienone is 2. The SMILES string of the molecule is CC(C)C/C=C/C(=O)c1nc2ccccc2[nH]1. The highest BCUT2D eigenvalue weighted by atomic mass is 16.1. The molecular formula is C14H16N2O. The first-order valence-electron chi connectivity index (χ1n) is 5.82. The van der Waals surface area contributed by atoms with Crippen molar-refractivity contribution in [1.82, 2.24) is 9.97 Å². The van der Waals surface area contributed by atoms with Gasteiger partial charge in [0, 0.05) is 0 Å². The molecule has 88 valence electrons. The summed E-state index contributed by atoms with van der Waals surface area (Å²) in [6, 6.07) is 7.63. The van der Waals surface area contributed by atoms with E-state index in [2.05, 4.69) is 23.8 Å². The third-order valence-electron chi connectivity index (χ3n) is 2.50. The summed E-state index contributed by atoms with van der Waals surface area (Å²) in [5, 5.41) is 0. The molecule has 1 N–H and O–H groups in total. The lowest BCUT2D eigenvalue weighted by Crippen LogP contribution is -1.97. The minimum absolute atomic E-state index is 0.0677. The number of ketones is 1. The number of benzene rings is 1. The lowest BCUT2D eigenvalue weighted by molar-refractivity contribution is 0.103. The number of rotatable bonds is 4. The smallest absolute Gasteiger partial charge is 0.220 e. The Hall–Kier alpha value is -1.90. The summed E-state index contributed by atoms with van der Waals surface area (Å²) in [4.78, 5) is 19.1. The summed E-state index contributed by atoms with van der Waals surface area (Å²) in [6.45, 7) is 4.24. The average Bonchev–Trinajstić information content (AvgIpc) is 2.71. The number of hydrogen-bond acceptors (Lipinski definition) is 2. The van der Waals surface area contributed by atoms with Crippen LogP contribution in [0.25, 0.3) is 11.0 Å². The van der Waals surface area contributed by atoms with Crippen LogP contribution >= 0.6 is 0 Å². The van der Waals surface area contributed by atoms with Gasteiger partial charge < -0.3 is 4.98 Å². The van der Waals surface area contributed by atoms with E-state index in [0.717, 1.165) is 17.5 Å². The molecular weight excluding hydrogens is 212 g/mol. The highest BCUT2D eigenvalue weighted by Gasteiger charge is 2.07. The predicted octanol–water partition coefficient (Wildman–Crippen LogP) is 3.35. The van der Waals surface area contributed by atoms with Crippen LogP contribution in [0.5, 0.6) is 0 Å². The van der Waals surface area contributed by atoms with Gasteiger partial charge in [-0.1, -0.05) is 32.1 Å². The van der Waals surface area contributed by atoms with Crippen molar-refractivity contribution in [1.29, 1.82) is 0 Å². The quantitative estimate of drug-likeness (QED) is 0.644. The van der Waals surface area contributed by atoms with E-state index in [0.29, 0.717) is 11.7 Å². The molecule has 17 heavy (non-hydrogen) atoms. The number of imidazole rings is 1. The van der Waals surface area contributed by atoms with Crippen molar-refractivity contribution >= 4 is 16.8 Å². The molecule has 1 heterocycles. The van der Waals surface area contributed by atoms with Gasteiger partial charge in [0.2, 0.25) is 5.78 Å². The number of aromatic nitrogens is 2. The number of carbonyl (C=O) groups excluding carboxylic acids is 1. The topological polar surface area (TPSA) is 45.8 Å². The Bertz CT molecular complexity index is 519. The van der Waals surface area contributed by atoms with E-state index in [1.54, 1.807) is 6.08 Å². The molecule has 0 atom stereocenters. The van der Waals surface area contributed by atoms with E-state index < -0.39 is 0 Å². The van der Waals surface area contributed by atoms with Gasteiger partial charge in [-0.05, 0) is 30.5 Å². The molecule has 3 heteroatoms. The Balaban J connectivity index is 2.16. The van der Waals surface area contributed by atoms with Crippen molar-refractivity contribution in [3.63, 3.8) is 0 Å². The number of hydrogen-bond donors (Lipinski definition) is 1. The Morgan fingerprint density at radius 2 is 2.18 bits per heavy atom. The lowest BCUT2D eigenvalue weighted by Gasteiger charge is -1.95. The van der Waals surface area contributed by atoms with Crippen LogP contribution in [-0.4, -0.2) is 15.8 Å². The van der Waals surface area contributed by atoms with Crippen LogP contribution in [0.15, 0.2) is 36.4 Å². The van der Waals surface area contributed by atoms with Crippen LogP contribution < -0.4 is 0 Å². The fourth-order valence-electron chi connectivity index (χ4n) is 1.60. The van der Waals surface area contributed by atoms with Gasteiger partial charge in [-0.2, -0.15) is 0 Å². The number of para-hydroxylation sites is 2. The summed E-state index contributed by atoms with van der Waals surface area (Å²) in [7, 11) is 0. The second-order valence-corrected chi connectivity index (χ2v) is 4.50. The Morgan fingerprint density at radius 3 is 2.88 bits per heavy atom. The molecule has 0 saturated heterocycles. The van der Waals surface area contributed by atoms with Gasteiger partial charge in [-0.15, -0.1) is 0 Å². The first-order valence-corrected chi connectivity index (χ1v) is 5.82. The maximum absolute atomic E-state index is 11.8. The zero-order valence-electron chi connectivity index (χ0n) is 10.1. The van der Waals surface area contributed by atoms with Crippen LogP contribution in [0.2, 0.25) is 0 Å². The molecule has 0 bridgehead atoms. The zero-order chi connectivity index (χ0) is 12.3. The molecule has 0 aliphatic rings. The highest BCUT2D eigenvalue weighted by molar-refractivity contribution is 6.03. The molecule has 3 nitrogen and oxygen atoms in total. The zero-order valence-corrected chi connectivity index (χ0v) is 10.1. The van der Waals surface area contributed by atoms with E-state index in [4.69, 9.17) is 0 Å². The van der Waals surface area contributed by atoms with Gasteiger partial charge in [0.15, 0.2) is 5.82 Å². The molecule has 0 aliphatic carbocycles. The molecule has 0 radical (unpaired) electrons. The highest BCUT2D eigenvalue weighted by Crippen LogP contribution is 2.11. The summed E-state index contributed by atoms with van der Waals surface area (Å²) in [5.74, 6) is 0.905. The molecule has 0 saturated carbocycles. The standard InChI is InChI=1S/C14H16N2O/c1-10(2)6-5-9-13(17)14-15-11-7-3-4-8-12(11)16-14/h3-5,7-10H,6H2,1-2H3,(H,15,16)/b9-5+. The molecule has 0 unspecified atom stereocenters. The van der Waals surface area contributed by atoms with Crippen molar-refractivity contribution in [3.05, 3.63) is 42.2 Å². The van der Waals surface area contributed by atoms with E-state index in [1.807, 2.05) is 30.3 Å². The van der Waals surface area contributed by atoms with Crippen LogP contribution in [-0.2, 0) is 0 Å². The van der Waals surface area contributed by atoms with E-state index in [-0.39, 0.29) is 5.78 Å². The molecule has 2 rings (SSSR count). The van der Waals surface area contributed by atoms with Gasteiger partial charge in [-0.3, -0.25) is 4.79 Å². The van der Waals surface area contributed by atoms with Crippen molar-refractivity contribution in [2.45, 2.75) is 20.3 Å². The normalized spacial score (nSPS) is 11.7. The fourth-order valence-corrected chi connectivity index (χ4v) is 1.60. The maximum Gasteiger partial charge on any atom is 0.220 e. The number of fused-ring (bicyclic) bond motifs is 1. The third-order valence-corrected chi connectivity index (χ3v) is 2.50. The minimum atomic E-state index is -0.0677. The van der Waals surface area contributed by atoms with E-state index >= 15 is 0 Å². The second-order valence-electron chi connectivity index (χ2n) is 4.50. The predicted molar refractivity (Wildman–Crippen MR) is 69.0 cm³/mol. The largest absolute Gasteiger partial charge is 0.335 e. The Kier molecular flexibility index (Phi) is 3.38. The molecule has 1 aromatic carbocycles. The van der Waals surface area contributed by atoms with Gasteiger partial charge in [0.25, 0.3) is 0 Å². The summed E-state index contributed by atoms with van der Waals surface area (Å²) in [6.07, 6.45) is 4.41. The fraction of sp³-hybridized carbons (Fsp3) is 0.286. The second kappa shape index (κ2) is 4.95. The van der Waals surface area contributed by atoms with Crippen molar-refractivity contribution in [2.24, 2.45) is 5.92 Å². The number of aromatic amines is 1. The minimum Gasteiger partial charge on any atom is -0.335 e. The van der Waals surface area contributed by atoms with Crippen molar-refractivity contribution in [3.8, 4) is 0 Å². The summed E-state index contributed by atoms with van der Waals surface area (Å²) in [5.41, 5.74) is 1.72. The van der Waals surface area contributed by atoms with Crippen LogP contribution in [0.3, 0.4) is 0 Å². The van der Waals surface area contributed by atoms with E-state index in [1.165, 1.54) is 0 Å². The lowest BCUT2D eigenvalue weighted by atomic mass is 10.1. The Labute approximate surface area is 101 Å². The molecule has 0 spiro atoms. The first kappa shape index (κ1) is 11.6. The summed E-state index contributed by atoms with van der Waals surface area (Å²) >= 11 is 0. The first-order chi connectivity index (χ1) is 8.16. The third kappa shape index (κ3) is 2.81. The van der Waals surface area contributed by atoms with Gasteiger partial charge in [0.05, 0.1) is 11.0 Å². The van der Waals surface area contributed by atoms with E-state index in [9.17, 15) is 4.79 Å². The monoisotopic (exact) mass is 228 g/mol. The van der Waals surface area contributed by atoms with Crippen LogP contribution in [0, 0.1) is 5.92 Å². The van der Waals surface area contributed by atoms with Crippen molar-refractivity contribution in [2.75, 3.05) is 0 Å². The van der Waals surface area contributed by atoms with Gasteiger partial charge in [0.1, 0.15) is 0 Å². The van der Waals surface area contributed by atoms with Gasteiger partial charge >= 0.3 is 0 Å². The number of nitrogens with one attached hydrogen (secondary N) is 1. The number of nitrogens with zero attached hydrogens (tertiary/aromatic N) is 1. The molecule has 1 aromatic heterocycles. The molecule has 0 aliphatic heterocycles. The molecule has 0 fully saturated rings. The van der Waals surface area contributed by atoms with Gasteiger partial charge in [-0.25, -0.2) is 4.98 Å². The van der Waals surface area contributed by atoms with Crippen LogP contribution in [0.1, 0.15) is 30.9 Å².